The van der Waals surface area contributed by atoms with E-state index in [4.69, 9.17) is 0 Å². The molecular weight excluding hydrogens is 271 g/mol. The summed E-state index contributed by atoms with van der Waals surface area (Å²) in [6.07, 6.45) is 1.92. The van der Waals surface area contributed by atoms with Crippen molar-refractivity contribution in [1.82, 2.24) is 20.0 Å². The SMILES string of the molecule is CCN(CC)CCNCc1c(C)cnn1C.Cl.Cl. The quantitative estimate of drug-likeness (QED) is 0.782. The molecular formula is C12H26Cl2N4. The van der Waals surface area contributed by atoms with Gasteiger partial charge < -0.3 is 10.2 Å². The Morgan fingerprint density at radius 1 is 1.28 bits per heavy atom. The molecule has 1 aromatic rings. The number of hydrogen-bond acceptors (Lipinski definition) is 3. The summed E-state index contributed by atoms with van der Waals surface area (Å²) in [6.45, 7) is 11.8. The average molecular weight is 297 g/mol. The summed E-state index contributed by atoms with van der Waals surface area (Å²) in [5, 5.41) is 7.69. The first-order valence-electron chi connectivity index (χ1n) is 6.09. The average Bonchev–Trinajstić information content (AvgIpc) is 2.60. The van der Waals surface area contributed by atoms with Crippen LogP contribution in [-0.4, -0.2) is 40.9 Å². The van der Waals surface area contributed by atoms with Gasteiger partial charge in [0, 0.05) is 26.7 Å². The van der Waals surface area contributed by atoms with Crippen LogP contribution in [0.25, 0.3) is 0 Å². The van der Waals surface area contributed by atoms with E-state index in [9.17, 15) is 0 Å². The van der Waals surface area contributed by atoms with E-state index in [0.717, 1.165) is 32.7 Å². The van der Waals surface area contributed by atoms with Crippen molar-refractivity contribution in [2.24, 2.45) is 7.05 Å². The predicted molar refractivity (Wildman–Crippen MR) is 81.9 cm³/mol. The lowest BCUT2D eigenvalue weighted by Crippen LogP contribution is -2.32. The molecule has 0 fully saturated rings. The summed E-state index contributed by atoms with van der Waals surface area (Å²) < 4.78 is 1.94. The van der Waals surface area contributed by atoms with Gasteiger partial charge in [-0.1, -0.05) is 13.8 Å². The monoisotopic (exact) mass is 296 g/mol. The minimum absolute atomic E-state index is 0. The highest BCUT2D eigenvalue weighted by atomic mass is 35.5. The van der Waals surface area contributed by atoms with Crippen LogP contribution in [0.4, 0.5) is 0 Å². The highest BCUT2D eigenvalue weighted by Crippen LogP contribution is 2.04. The normalized spacial score (nSPS) is 10.1. The highest BCUT2D eigenvalue weighted by Gasteiger charge is 2.03. The van der Waals surface area contributed by atoms with E-state index in [1.54, 1.807) is 0 Å². The lowest BCUT2D eigenvalue weighted by Gasteiger charge is -2.18. The number of aromatic nitrogens is 2. The molecule has 0 amide bonds. The standard InChI is InChI=1S/C12H24N4.2ClH/c1-5-16(6-2)8-7-13-10-12-11(3)9-14-15(12)4;;/h9,13H,5-8,10H2,1-4H3;2*1H. The van der Waals surface area contributed by atoms with Crippen molar-refractivity contribution in [1.29, 1.82) is 0 Å². The molecule has 1 rings (SSSR count). The van der Waals surface area contributed by atoms with Gasteiger partial charge in [-0.3, -0.25) is 4.68 Å². The molecule has 0 aromatic carbocycles. The van der Waals surface area contributed by atoms with Gasteiger partial charge in [0.15, 0.2) is 0 Å². The summed E-state index contributed by atoms with van der Waals surface area (Å²) in [5.41, 5.74) is 2.54. The van der Waals surface area contributed by atoms with Crippen LogP contribution in [0.5, 0.6) is 0 Å². The maximum atomic E-state index is 4.23. The van der Waals surface area contributed by atoms with Crippen molar-refractivity contribution in [3.05, 3.63) is 17.5 Å². The molecule has 0 aliphatic carbocycles. The fourth-order valence-electron chi connectivity index (χ4n) is 1.81. The Morgan fingerprint density at radius 2 is 1.89 bits per heavy atom. The number of likely N-dealkylation sites (N-methyl/N-ethyl adjacent to an activating group) is 1. The topological polar surface area (TPSA) is 33.1 Å². The van der Waals surface area contributed by atoms with E-state index in [1.807, 2.05) is 17.9 Å². The van der Waals surface area contributed by atoms with Gasteiger partial charge in [0.2, 0.25) is 0 Å². The Balaban J connectivity index is 0. The lowest BCUT2D eigenvalue weighted by molar-refractivity contribution is 0.301. The third-order valence-electron chi connectivity index (χ3n) is 3.06. The second-order valence-electron chi connectivity index (χ2n) is 4.10. The van der Waals surface area contributed by atoms with Gasteiger partial charge in [0.1, 0.15) is 0 Å². The molecule has 0 aliphatic rings. The number of nitrogens with zero attached hydrogens (tertiary/aromatic N) is 3. The molecule has 0 saturated heterocycles. The van der Waals surface area contributed by atoms with E-state index in [0.29, 0.717) is 0 Å². The Kier molecular flexibility index (Phi) is 11.8. The predicted octanol–water partition coefficient (Wildman–Crippen LogP) is 2.00. The summed E-state index contributed by atoms with van der Waals surface area (Å²) in [4.78, 5) is 2.42. The van der Waals surface area contributed by atoms with Crippen LogP contribution in [-0.2, 0) is 13.6 Å². The third kappa shape index (κ3) is 6.05. The molecule has 108 valence electrons. The second kappa shape index (κ2) is 10.6. The number of nitrogens with one attached hydrogen (secondary N) is 1. The van der Waals surface area contributed by atoms with Crippen molar-refractivity contribution < 1.29 is 0 Å². The van der Waals surface area contributed by atoms with Crippen molar-refractivity contribution in [2.75, 3.05) is 26.2 Å². The summed E-state index contributed by atoms with van der Waals surface area (Å²) in [6, 6.07) is 0. The fraction of sp³-hybridized carbons (Fsp3) is 0.750. The fourth-order valence-corrected chi connectivity index (χ4v) is 1.81. The van der Waals surface area contributed by atoms with Gasteiger partial charge in [0.25, 0.3) is 0 Å². The van der Waals surface area contributed by atoms with Crippen molar-refractivity contribution in [3.63, 3.8) is 0 Å². The molecule has 18 heavy (non-hydrogen) atoms. The number of halogens is 2. The molecule has 0 saturated carbocycles. The molecule has 0 atom stereocenters. The van der Waals surface area contributed by atoms with Gasteiger partial charge in [-0.05, 0) is 25.6 Å². The van der Waals surface area contributed by atoms with Crippen molar-refractivity contribution in [3.8, 4) is 0 Å². The third-order valence-corrected chi connectivity index (χ3v) is 3.06. The largest absolute Gasteiger partial charge is 0.310 e. The summed E-state index contributed by atoms with van der Waals surface area (Å²) in [5.74, 6) is 0. The zero-order valence-corrected chi connectivity index (χ0v) is 13.4. The number of aryl methyl sites for hydroxylation is 2. The van der Waals surface area contributed by atoms with Crippen molar-refractivity contribution in [2.45, 2.75) is 27.3 Å². The molecule has 0 radical (unpaired) electrons. The van der Waals surface area contributed by atoms with E-state index in [1.165, 1.54) is 11.3 Å². The van der Waals surface area contributed by atoms with E-state index in [-0.39, 0.29) is 24.8 Å². The van der Waals surface area contributed by atoms with E-state index >= 15 is 0 Å². The van der Waals surface area contributed by atoms with Crippen LogP contribution >= 0.6 is 24.8 Å². The van der Waals surface area contributed by atoms with Gasteiger partial charge in [-0.25, -0.2) is 0 Å². The van der Waals surface area contributed by atoms with Crippen LogP contribution in [0.1, 0.15) is 25.1 Å². The molecule has 1 N–H and O–H groups in total. The van der Waals surface area contributed by atoms with Crippen LogP contribution in [0.15, 0.2) is 6.20 Å². The second-order valence-corrected chi connectivity index (χ2v) is 4.10. The Bertz CT molecular complexity index is 292. The molecule has 6 heteroatoms. The smallest absolute Gasteiger partial charge is 0.0547 e. The highest BCUT2D eigenvalue weighted by molar-refractivity contribution is 5.85. The molecule has 0 spiro atoms. The molecule has 1 heterocycles. The van der Waals surface area contributed by atoms with E-state index in [2.05, 4.69) is 36.1 Å². The zero-order valence-electron chi connectivity index (χ0n) is 11.8. The van der Waals surface area contributed by atoms with Crippen LogP contribution < -0.4 is 5.32 Å². The molecule has 4 nitrogen and oxygen atoms in total. The van der Waals surface area contributed by atoms with Crippen LogP contribution in [0.3, 0.4) is 0 Å². The van der Waals surface area contributed by atoms with Crippen molar-refractivity contribution >= 4 is 24.8 Å². The zero-order chi connectivity index (χ0) is 12.0. The first-order valence-corrected chi connectivity index (χ1v) is 6.09. The maximum Gasteiger partial charge on any atom is 0.0547 e. The summed E-state index contributed by atoms with van der Waals surface area (Å²) >= 11 is 0. The lowest BCUT2D eigenvalue weighted by atomic mass is 10.3. The molecule has 0 unspecified atom stereocenters. The van der Waals surface area contributed by atoms with Crippen LogP contribution in [0, 0.1) is 6.92 Å². The molecule has 0 aliphatic heterocycles. The van der Waals surface area contributed by atoms with Gasteiger partial charge >= 0.3 is 0 Å². The molecule has 0 bridgehead atoms. The first kappa shape index (κ1) is 20.0. The summed E-state index contributed by atoms with van der Waals surface area (Å²) in [7, 11) is 1.99. The van der Waals surface area contributed by atoms with Gasteiger partial charge in [-0.15, -0.1) is 24.8 Å². The number of rotatable bonds is 7. The van der Waals surface area contributed by atoms with E-state index < -0.39 is 0 Å². The van der Waals surface area contributed by atoms with Crippen LogP contribution in [0.2, 0.25) is 0 Å². The van der Waals surface area contributed by atoms with Gasteiger partial charge in [0.05, 0.1) is 11.9 Å². The minimum atomic E-state index is 0. The first-order chi connectivity index (χ1) is 7.69. The Morgan fingerprint density at radius 3 is 2.33 bits per heavy atom. The minimum Gasteiger partial charge on any atom is -0.310 e. The van der Waals surface area contributed by atoms with Gasteiger partial charge in [-0.2, -0.15) is 5.10 Å². The Labute approximate surface area is 123 Å². The molecule has 1 aromatic heterocycles. The maximum absolute atomic E-state index is 4.23. The Hall–Kier alpha value is -0.290. The number of hydrogen-bond donors (Lipinski definition) is 1.